The molecule has 1 heterocycles. The lowest BCUT2D eigenvalue weighted by atomic mass is 10.1. The summed E-state index contributed by atoms with van der Waals surface area (Å²) in [6.07, 6.45) is 1.93. The van der Waals surface area contributed by atoms with E-state index < -0.39 is 5.97 Å². The molecule has 0 bridgehead atoms. The van der Waals surface area contributed by atoms with E-state index in [1.165, 1.54) is 18.7 Å². The highest BCUT2D eigenvalue weighted by Gasteiger charge is 2.13. The van der Waals surface area contributed by atoms with E-state index >= 15 is 0 Å². The van der Waals surface area contributed by atoms with Crippen molar-refractivity contribution in [3.63, 3.8) is 0 Å². The quantitative estimate of drug-likeness (QED) is 0.675. The first-order valence-electron chi connectivity index (χ1n) is 8.57. The van der Waals surface area contributed by atoms with Gasteiger partial charge in [0.2, 0.25) is 11.7 Å². The van der Waals surface area contributed by atoms with Gasteiger partial charge in [-0.05, 0) is 36.6 Å². The smallest absolute Gasteiger partial charge is 0.374 e. The summed E-state index contributed by atoms with van der Waals surface area (Å²) >= 11 is 0. The Morgan fingerprint density at radius 2 is 1.85 bits per heavy atom. The minimum absolute atomic E-state index is 0.124. The van der Waals surface area contributed by atoms with Gasteiger partial charge in [0.05, 0.1) is 12.5 Å². The van der Waals surface area contributed by atoms with Gasteiger partial charge in [-0.3, -0.25) is 9.59 Å². The van der Waals surface area contributed by atoms with Gasteiger partial charge in [-0.25, -0.2) is 4.79 Å². The van der Waals surface area contributed by atoms with Crippen LogP contribution in [-0.4, -0.2) is 19.0 Å². The summed E-state index contributed by atoms with van der Waals surface area (Å²) in [6, 6.07) is 15.8. The molecule has 1 amide bonds. The molecule has 0 unspecified atom stereocenters. The Kier molecular flexibility index (Phi) is 5.66. The van der Waals surface area contributed by atoms with Crippen LogP contribution in [0.1, 0.15) is 29.0 Å². The summed E-state index contributed by atoms with van der Waals surface area (Å²) in [5.41, 5.74) is 1.57. The van der Waals surface area contributed by atoms with Gasteiger partial charge in [-0.1, -0.05) is 30.3 Å². The van der Waals surface area contributed by atoms with E-state index in [9.17, 15) is 14.4 Å². The van der Waals surface area contributed by atoms with Crippen molar-refractivity contribution in [2.75, 3.05) is 12.4 Å². The van der Waals surface area contributed by atoms with Crippen molar-refractivity contribution in [3.8, 4) is 0 Å². The number of rotatable bonds is 6. The summed E-state index contributed by atoms with van der Waals surface area (Å²) < 4.78 is 9.94. The second kappa shape index (κ2) is 8.31. The SMILES string of the molecule is COC(=O)c1cc(=O)c2cc(NC(=O)CCCc3ccccc3)ccc2o1. The normalized spacial score (nSPS) is 10.6. The predicted molar refractivity (Wildman–Crippen MR) is 102 cm³/mol. The molecule has 0 fully saturated rings. The fourth-order valence-electron chi connectivity index (χ4n) is 2.76. The Morgan fingerprint density at radius 1 is 1.07 bits per heavy atom. The number of hydrogen-bond acceptors (Lipinski definition) is 5. The predicted octanol–water partition coefficient (Wildman–Crippen LogP) is 3.54. The number of methoxy groups -OCH3 is 1. The highest BCUT2D eigenvalue weighted by Crippen LogP contribution is 2.18. The summed E-state index contributed by atoms with van der Waals surface area (Å²) in [5.74, 6) is -1.00. The summed E-state index contributed by atoms with van der Waals surface area (Å²) in [4.78, 5) is 35.9. The molecule has 3 aromatic rings. The van der Waals surface area contributed by atoms with Crippen LogP contribution in [0.15, 0.2) is 63.8 Å². The molecule has 0 aliphatic heterocycles. The molecule has 1 aromatic heterocycles. The van der Waals surface area contributed by atoms with Crippen LogP contribution >= 0.6 is 0 Å². The minimum Gasteiger partial charge on any atom is -0.463 e. The van der Waals surface area contributed by atoms with Gasteiger partial charge >= 0.3 is 5.97 Å². The van der Waals surface area contributed by atoms with Gasteiger partial charge in [0.1, 0.15) is 5.58 Å². The number of carbonyl (C=O) groups is 2. The van der Waals surface area contributed by atoms with Crippen LogP contribution in [0.3, 0.4) is 0 Å². The number of nitrogens with one attached hydrogen (secondary N) is 1. The van der Waals surface area contributed by atoms with Crippen LogP contribution in [0.5, 0.6) is 0 Å². The van der Waals surface area contributed by atoms with Crippen LogP contribution in [-0.2, 0) is 16.0 Å². The molecule has 0 saturated heterocycles. The molecule has 0 aliphatic carbocycles. The molecule has 138 valence electrons. The van der Waals surface area contributed by atoms with Crippen LogP contribution in [0.25, 0.3) is 11.0 Å². The Hall–Kier alpha value is -3.41. The van der Waals surface area contributed by atoms with Gasteiger partial charge in [0, 0.05) is 18.2 Å². The zero-order valence-electron chi connectivity index (χ0n) is 14.9. The molecule has 0 saturated carbocycles. The number of ether oxygens (including phenoxy) is 1. The number of aryl methyl sites for hydroxylation is 1. The van der Waals surface area contributed by atoms with Crippen LogP contribution in [0, 0.1) is 0 Å². The summed E-state index contributed by atoms with van der Waals surface area (Å²) in [5, 5.41) is 3.07. The number of fused-ring (bicyclic) bond motifs is 1. The van der Waals surface area contributed by atoms with Gasteiger partial charge in [0.25, 0.3) is 0 Å². The topological polar surface area (TPSA) is 85.6 Å². The second-order valence-electron chi connectivity index (χ2n) is 6.06. The van der Waals surface area contributed by atoms with Crippen molar-refractivity contribution in [3.05, 3.63) is 76.1 Å². The van der Waals surface area contributed by atoms with E-state index in [0.717, 1.165) is 18.9 Å². The van der Waals surface area contributed by atoms with Crippen molar-refractivity contribution in [1.82, 2.24) is 0 Å². The second-order valence-corrected chi connectivity index (χ2v) is 6.06. The molecule has 6 nitrogen and oxygen atoms in total. The zero-order valence-corrected chi connectivity index (χ0v) is 14.9. The van der Waals surface area contributed by atoms with E-state index in [0.29, 0.717) is 12.1 Å². The standard InChI is InChI=1S/C21H19NO5/c1-26-21(25)19-13-17(23)16-12-15(10-11-18(16)27-19)22-20(24)9-5-8-14-6-3-2-4-7-14/h2-4,6-7,10-13H,5,8-9H2,1H3,(H,22,24). The first-order valence-corrected chi connectivity index (χ1v) is 8.57. The molecule has 0 spiro atoms. The van der Waals surface area contributed by atoms with Gasteiger partial charge in [-0.2, -0.15) is 0 Å². The van der Waals surface area contributed by atoms with Crippen LogP contribution in [0.4, 0.5) is 5.69 Å². The Bertz CT molecular complexity index is 1020. The van der Waals surface area contributed by atoms with Crippen molar-refractivity contribution in [2.45, 2.75) is 19.3 Å². The molecule has 3 rings (SSSR count). The first-order chi connectivity index (χ1) is 13.1. The maximum atomic E-state index is 12.2. The van der Waals surface area contributed by atoms with Gasteiger partial charge in [-0.15, -0.1) is 0 Å². The van der Waals surface area contributed by atoms with E-state index in [4.69, 9.17) is 4.42 Å². The van der Waals surface area contributed by atoms with E-state index in [2.05, 4.69) is 10.1 Å². The first kappa shape index (κ1) is 18.4. The van der Waals surface area contributed by atoms with Gasteiger partial charge in [0.15, 0.2) is 5.43 Å². The zero-order chi connectivity index (χ0) is 19.2. The molecule has 0 atom stereocenters. The van der Waals surface area contributed by atoms with E-state index in [-0.39, 0.29) is 28.1 Å². The number of hydrogen-bond donors (Lipinski definition) is 1. The lowest BCUT2D eigenvalue weighted by molar-refractivity contribution is -0.116. The van der Waals surface area contributed by atoms with Crippen molar-refractivity contribution in [1.29, 1.82) is 0 Å². The molecule has 27 heavy (non-hydrogen) atoms. The monoisotopic (exact) mass is 365 g/mol. The maximum Gasteiger partial charge on any atom is 0.374 e. The number of esters is 1. The van der Waals surface area contributed by atoms with Crippen molar-refractivity contribution in [2.24, 2.45) is 0 Å². The fourth-order valence-corrected chi connectivity index (χ4v) is 2.76. The minimum atomic E-state index is -0.718. The molecular formula is C21H19NO5. The van der Waals surface area contributed by atoms with Crippen molar-refractivity contribution < 1.29 is 18.7 Å². The third-order valence-electron chi connectivity index (χ3n) is 4.11. The van der Waals surface area contributed by atoms with E-state index in [1.807, 2.05) is 30.3 Å². The van der Waals surface area contributed by atoms with Gasteiger partial charge < -0.3 is 14.5 Å². The average Bonchev–Trinajstić information content (AvgIpc) is 2.68. The number of carbonyl (C=O) groups excluding carboxylic acids is 2. The molecule has 0 aliphatic rings. The number of anilines is 1. The van der Waals surface area contributed by atoms with Crippen LogP contribution in [0.2, 0.25) is 0 Å². The molecular weight excluding hydrogens is 346 g/mol. The number of benzene rings is 2. The van der Waals surface area contributed by atoms with Crippen LogP contribution < -0.4 is 10.7 Å². The molecule has 1 N–H and O–H groups in total. The maximum absolute atomic E-state index is 12.2. The lowest BCUT2D eigenvalue weighted by Crippen LogP contribution is -2.12. The Balaban J connectivity index is 1.66. The third-order valence-corrected chi connectivity index (χ3v) is 4.11. The Morgan fingerprint density at radius 3 is 2.59 bits per heavy atom. The molecule has 6 heteroatoms. The highest BCUT2D eigenvalue weighted by atomic mass is 16.5. The summed E-state index contributed by atoms with van der Waals surface area (Å²) in [6.45, 7) is 0. The molecule has 2 aromatic carbocycles. The lowest BCUT2D eigenvalue weighted by Gasteiger charge is -2.07. The highest BCUT2D eigenvalue weighted by molar-refractivity contribution is 5.94. The third kappa shape index (κ3) is 4.61. The van der Waals surface area contributed by atoms with E-state index in [1.54, 1.807) is 12.1 Å². The molecule has 0 radical (unpaired) electrons. The van der Waals surface area contributed by atoms with Crippen molar-refractivity contribution >= 4 is 28.5 Å². The Labute approximate surface area is 155 Å². The number of amides is 1. The summed E-state index contributed by atoms with van der Waals surface area (Å²) in [7, 11) is 1.21. The largest absolute Gasteiger partial charge is 0.463 e. The fraction of sp³-hybridized carbons (Fsp3) is 0.190. The average molecular weight is 365 g/mol.